The fourth-order valence-electron chi connectivity index (χ4n) is 2.84. The molecule has 9 heteroatoms. The van der Waals surface area contributed by atoms with Gasteiger partial charge in [0.15, 0.2) is 5.65 Å². The Labute approximate surface area is 143 Å². The lowest BCUT2D eigenvalue weighted by Gasteiger charge is -2.38. The van der Waals surface area contributed by atoms with E-state index in [0.717, 1.165) is 37.4 Å². The van der Waals surface area contributed by atoms with Crippen LogP contribution >= 0.6 is 0 Å². The van der Waals surface area contributed by atoms with Gasteiger partial charge in [-0.25, -0.2) is 9.50 Å². The summed E-state index contributed by atoms with van der Waals surface area (Å²) in [6, 6.07) is 1.89. The largest absolute Gasteiger partial charge is 0.771 e. The van der Waals surface area contributed by atoms with E-state index in [2.05, 4.69) is 15.0 Å². The van der Waals surface area contributed by atoms with E-state index in [0.29, 0.717) is 18.9 Å². The maximum Gasteiger partial charge on any atom is 0.234 e. The Morgan fingerprint density at radius 3 is 2.83 bits per heavy atom. The predicted octanol–water partition coefficient (Wildman–Crippen LogP) is 0.259. The van der Waals surface area contributed by atoms with Crippen molar-refractivity contribution in [1.82, 2.24) is 24.4 Å². The minimum absolute atomic E-state index is 0.305. The summed E-state index contributed by atoms with van der Waals surface area (Å²) in [4.78, 5) is 8.38. The van der Waals surface area contributed by atoms with Gasteiger partial charge in [0.05, 0.1) is 12.0 Å². The minimum atomic E-state index is -2.15. The van der Waals surface area contributed by atoms with E-state index in [1.54, 1.807) is 16.9 Å². The molecule has 0 aliphatic carbocycles. The molecule has 3 heterocycles. The number of hydrogen-bond acceptors (Lipinski definition) is 7. The molecule has 0 saturated carbocycles. The molecule has 2 aromatic heterocycles. The smallest absolute Gasteiger partial charge is 0.234 e. The number of fused-ring (bicyclic) bond motifs is 1. The van der Waals surface area contributed by atoms with Crippen LogP contribution in [-0.2, 0) is 11.1 Å². The Bertz CT molecular complexity index is 714. The Balaban J connectivity index is 1.60. The van der Waals surface area contributed by atoms with Crippen LogP contribution in [0, 0.1) is 6.92 Å². The molecule has 2 atom stereocenters. The Morgan fingerprint density at radius 1 is 1.38 bits per heavy atom. The molecule has 132 valence electrons. The summed E-state index contributed by atoms with van der Waals surface area (Å²) in [5.41, 5.74) is 1.64. The van der Waals surface area contributed by atoms with Crippen LogP contribution in [0.5, 0.6) is 5.88 Å². The maximum atomic E-state index is 11.6. The van der Waals surface area contributed by atoms with Gasteiger partial charge in [-0.05, 0) is 31.1 Å². The van der Waals surface area contributed by atoms with Crippen molar-refractivity contribution < 1.29 is 13.5 Å². The van der Waals surface area contributed by atoms with Crippen LogP contribution in [0.4, 0.5) is 0 Å². The normalized spacial score (nSPS) is 19.5. The lowest BCUT2D eigenvalue weighted by Crippen LogP contribution is -2.50. The quantitative estimate of drug-likeness (QED) is 0.689. The minimum Gasteiger partial charge on any atom is -0.771 e. The van der Waals surface area contributed by atoms with E-state index in [9.17, 15) is 8.76 Å². The zero-order chi connectivity index (χ0) is 17.1. The van der Waals surface area contributed by atoms with Crippen LogP contribution in [0.15, 0.2) is 18.5 Å². The number of imidazole rings is 1. The number of ether oxygens (including phenoxy) is 1. The van der Waals surface area contributed by atoms with Gasteiger partial charge in [0.25, 0.3) is 0 Å². The number of likely N-dealkylation sites (N-methyl/N-ethyl adjacent to an activating group) is 1. The van der Waals surface area contributed by atoms with Crippen molar-refractivity contribution in [2.75, 3.05) is 39.8 Å². The van der Waals surface area contributed by atoms with E-state index in [-0.39, 0.29) is 0 Å². The second-order valence-corrected chi connectivity index (χ2v) is 7.12. The second kappa shape index (κ2) is 7.56. The molecule has 1 saturated heterocycles. The van der Waals surface area contributed by atoms with Crippen molar-refractivity contribution in [2.45, 2.75) is 18.7 Å². The first-order chi connectivity index (χ1) is 11.5. The average Bonchev–Trinajstić information content (AvgIpc) is 2.99. The van der Waals surface area contributed by atoms with Crippen molar-refractivity contribution >= 4 is 16.7 Å². The van der Waals surface area contributed by atoms with Crippen molar-refractivity contribution in [3.8, 4) is 5.88 Å². The standard InChI is InChI=1S/C15H23N5O3S/c1-12-11-13-16-4-5-20(13)17-15(12)23-10-3-14(24(21)22)19-8-6-18(2)7-9-19/h4-5,11,14H,3,6-10H2,1-2H3,(H,21,22)/p-1. The molecule has 8 nitrogen and oxygen atoms in total. The Hall–Kier alpha value is -1.55. The summed E-state index contributed by atoms with van der Waals surface area (Å²) in [6.45, 7) is 5.49. The highest BCUT2D eigenvalue weighted by Crippen LogP contribution is 2.17. The predicted molar refractivity (Wildman–Crippen MR) is 89.6 cm³/mol. The van der Waals surface area contributed by atoms with Crippen LogP contribution in [0.2, 0.25) is 0 Å². The molecule has 0 bridgehead atoms. The van der Waals surface area contributed by atoms with Gasteiger partial charge in [-0.1, -0.05) is 0 Å². The summed E-state index contributed by atoms with van der Waals surface area (Å²) >= 11 is -2.15. The van der Waals surface area contributed by atoms with Crippen LogP contribution < -0.4 is 4.74 Å². The summed E-state index contributed by atoms with van der Waals surface area (Å²) in [6.07, 6.45) is 3.85. The Kier molecular flexibility index (Phi) is 5.44. The number of hydrogen-bond donors (Lipinski definition) is 0. The zero-order valence-corrected chi connectivity index (χ0v) is 14.7. The van der Waals surface area contributed by atoms with Crippen LogP contribution in [0.25, 0.3) is 5.65 Å². The number of rotatable bonds is 6. The molecule has 3 rings (SSSR count). The third-order valence-electron chi connectivity index (χ3n) is 4.30. The first kappa shape index (κ1) is 17.3. The number of aryl methyl sites for hydroxylation is 1. The summed E-state index contributed by atoms with van der Waals surface area (Å²) in [5, 5.41) is 3.84. The highest BCUT2D eigenvalue weighted by atomic mass is 32.2. The molecule has 1 aliphatic heterocycles. The molecule has 0 radical (unpaired) electrons. The van der Waals surface area contributed by atoms with E-state index in [1.807, 2.05) is 24.9 Å². The molecule has 1 aliphatic rings. The van der Waals surface area contributed by atoms with Crippen LogP contribution in [-0.4, -0.2) is 78.4 Å². The van der Waals surface area contributed by atoms with Crippen molar-refractivity contribution in [1.29, 1.82) is 0 Å². The monoisotopic (exact) mass is 352 g/mol. The van der Waals surface area contributed by atoms with Gasteiger partial charge in [-0.3, -0.25) is 9.11 Å². The molecular weight excluding hydrogens is 330 g/mol. The van der Waals surface area contributed by atoms with Gasteiger partial charge in [0.2, 0.25) is 5.88 Å². The second-order valence-electron chi connectivity index (χ2n) is 6.05. The molecule has 1 fully saturated rings. The summed E-state index contributed by atoms with van der Waals surface area (Å²) in [5.74, 6) is 0.509. The Morgan fingerprint density at radius 2 is 2.12 bits per heavy atom. The van der Waals surface area contributed by atoms with E-state index < -0.39 is 16.5 Å². The summed E-state index contributed by atoms with van der Waals surface area (Å²) < 4.78 is 30.6. The third kappa shape index (κ3) is 3.92. The van der Waals surface area contributed by atoms with Crippen molar-refractivity contribution in [2.24, 2.45) is 0 Å². The van der Waals surface area contributed by atoms with Crippen molar-refractivity contribution in [3.63, 3.8) is 0 Å². The number of piperazine rings is 1. The highest BCUT2D eigenvalue weighted by Gasteiger charge is 2.23. The van der Waals surface area contributed by atoms with E-state index in [1.165, 1.54) is 0 Å². The van der Waals surface area contributed by atoms with Crippen molar-refractivity contribution in [3.05, 3.63) is 24.0 Å². The van der Waals surface area contributed by atoms with Gasteiger partial charge < -0.3 is 14.2 Å². The van der Waals surface area contributed by atoms with E-state index >= 15 is 0 Å². The number of aromatic nitrogens is 3. The molecule has 24 heavy (non-hydrogen) atoms. The molecule has 0 aromatic carbocycles. The summed E-state index contributed by atoms with van der Waals surface area (Å²) in [7, 11) is 2.05. The lowest BCUT2D eigenvalue weighted by molar-refractivity contribution is 0.127. The average molecular weight is 352 g/mol. The molecule has 0 amide bonds. The van der Waals surface area contributed by atoms with Gasteiger partial charge in [0.1, 0.15) is 0 Å². The highest BCUT2D eigenvalue weighted by molar-refractivity contribution is 7.79. The topological polar surface area (TPSA) is 86.0 Å². The first-order valence-electron chi connectivity index (χ1n) is 7.99. The van der Waals surface area contributed by atoms with Gasteiger partial charge in [-0.2, -0.15) is 0 Å². The first-order valence-corrected chi connectivity index (χ1v) is 9.13. The lowest BCUT2D eigenvalue weighted by atomic mass is 10.3. The van der Waals surface area contributed by atoms with Gasteiger partial charge in [0, 0.05) is 50.6 Å². The number of nitrogens with zero attached hydrogens (tertiary/aromatic N) is 5. The van der Waals surface area contributed by atoms with Gasteiger partial charge in [-0.15, -0.1) is 5.10 Å². The zero-order valence-electron chi connectivity index (χ0n) is 13.9. The molecule has 2 aromatic rings. The molecule has 0 N–H and O–H groups in total. The molecule has 0 spiro atoms. The third-order valence-corrected chi connectivity index (χ3v) is 5.28. The fourth-order valence-corrected chi connectivity index (χ4v) is 3.58. The SMILES string of the molecule is Cc1cc2nccn2nc1OCCC(N1CCN(C)CC1)S(=O)[O-]. The van der Waals surface area contributed by atoms with Crippen LogP contribution in [0.3, 0.4) is 0 Å². The van der Waals surface area contributed by atoms with Crippen LogP contribution in [0.1, 0.15) is 12.0 Å². The molecule has 2 unspecified atom stereocenters. The fraction of sp³-hybridized carbons (Fsp3) is 0.600. The molecular formula is C15H22N5O3S-. The van der Waals surface area contributed by atoms with Gasteiger partial charge >= 0.3 is 0 Å². The maximum absolute atomic E-state index is 11.6. The van der Waals surface area contributed by atoms with E-state index in [4.69, 9.17) is 4.74 Å².